The number of carboxylic acids is 1. The van der Waals surface area contributed by atoms with Crippen molar-refractivity contribution in [2.75, 3.05) is 6.61 Å². The monoisotopic (exact) mass is 321 g/mol. The Balaban J connectivity index is 2.65. The molecule has 0 aliphatic carbocycles. The summed E-state index contributed by atoms with van der Waals surface area (Å²) in [7, 11) is 0. The number of carbonyl (C=O) groups excluding carboxylic acids is 1. The number of rotatable bonds is 8. The SMILES string of the molecule is CC(C)c1cccc(OCC(=O)NC(C)(CC(=O)O)C(C)C)c1. The van der Waals surface area contributed by atoms with E-state index in [0.29, 0.717) is 11.7 Å². The Morgan fingerprint density at radius 2 is 1.91 bits per heavy atom. The Labute approximate surface area is 138 Å². The fourth-order valence-electron chi connectivity index (χ4n) is 2.17. The van der Waals surface area contributed by atoms with Crippen LogP contribution in [0.3, 0.4) is 0 Å². The van der Waals surface area contributed by atoms with Crippen LogP contribution in [0.15, 0.2) is 24.3 Å². The third-order valence-corrected chi connectivity index (χ3v) is 4.11. The van der Waals surface area contributed by atoms with Crippen LogP contribution in [0.1, 0.15) is 52.5 Å². The smallest absolute Gasteiger partial charge is 0.305 e. The molecular formula is C18H27NO4. The highest BCUT2D eigenvalue weighted by Gasteiger charge is 2.32. The molecule has 2 N–H and O–H groups in total. The molecule has 0 radical (unpaired) electrons. The van der Waals surface area contributed by atoms with Gasteiger partial charge in [0.2, 0.25) is 0 Å². The molecule has 1 aromatic carbocycles. The molecule has 23 heavy (non-hydrogen) atoms. The van der Waals surface area contributed by atoms with Crippen molar-refractivity contribution in [3.63, 3.8) is 0 Å². The Bertz CT molecular complexity index is 554. The van der Waals surface area contributed by atoms with E-state index >= 15 is 0 Å². The average Bonchev–Trinajstić information content (AvgIpc) is 2.44. The van der Waals surface area contributed by atoms with Gasteiger partial charge >= 0.3 is 5.97 Å². The third-order valence-electron chi connectivity index (χ3n) is 4.11. The molecule has 0 saturated carbocycles. The van der Waals surface area contributed by atoms with Crippen LogP contribution in [0.5, 0.6) is 5.75 Å². The van der Waals surface area contributed by atoms with Crippen molar-refractivity contribution in [3.05, 3.63) is 29.8 Å². The van der Waals surface area contributed by atoms with Crippen molar-refractivity contribution in [1.82, 2.24) is 5.32 Å². The van der Waals surface area contributed by atoms with Crippen molar-refractivity contribution < 1.29 is 19.4 Å². The second kappa shape index (κ2) is 7.99. The van der Waals surface area contributed by atoms with E-state index < -0.39 is 11.5 Å². The molecular weight excluding hydrogens is 294 g/mol. The Hall–Kier alpha value is -2.04. The molecule has 1 amide bonds. The number of nitrogens with one attached hydrogen (secondary N) is 1. The van der Waals surface area contributed by atoms with Crippen molar-refractivity contribution in [2.45, 2.75) is 52.5 Å². The van der Waals surface area contributed by atoms with Crippen LogP contribution in [0.25, 0.3) is 0 Å². The lowest BCUT2D eigenvalue weighted by Crippen LogP contribution is -2.52. The van der Waals surface area contributed by atoms with E-state index in [9.17, 15) is 9.59 Å². The van der Waals surface area contributed by atoms with Gasteiger partial charge in [-0.2, -0.15) is 0 Å². The number of ether oxygens (including phenoxy) is 1. The largest absolute Gasteiger partial charge is 0.484 e. The van der Waals surface area contributed by atoms with E-state index in [1.807, 2.05) is 32.0 Å². The Morgan fingerprint density at radius 3 is 2.43 bits per heavy atom. The summed E-state index contributed by atoms with van der Waals surface area (Å²) in [6, 6.07) is 7.63. The molecule has 5 heteroatoms. The summed E-state index contributed by atoms with van der Waals surface area (Å²) in [6.45, 7) is 9.55. The summed E-state index contributed by atoms with van der Waals surface area (Å²) in [5.41, 5.74) is 0.340. The van der Waals surface area contributed by atoms with Gasteiger partial charge in [0.05, 0.1) is 12.0 Å². The maximum absolute atomic E-state index is 12.1. The van der Waals surface area contributed by atoms with E-state index in [1.54, 1.807) is 13.0 Å². The molecule has 0 fully saturated rings. The minimum atomic E-state index is -0.938. The molecule has 128 valence electrons. The van der Waals surface area contributed by atoms with Gasteiger partial charge in [-0.15, -0.1) is 0 Å². The van der Waals surface area contributed by atoms with Crippen LogP contribution in [-0.2, 0) is 9.59 Å². The van der Waals surface area contributed by atoms with Crippen LogP contribution in [-0.4, -0.2) is 29.1 Å². The van der Waals surface area contributed by atoms with Gasteiger partial charge in [-0.3, -0.25) is 9.59 Å². The maximum atomic E-state index is 12.1. The zero-order valence-electron chi connectivity index (χ0n) is 14.6. The highest BCUT2D eigenvalue weighted by atomic mass is 16.5. The van der Waals surface area contributed by atoms with Gasteiger partial charge in [-0.05, 0) is 36.5 Å². The van der Waals surface area contributed by atoms with Gasteiger partial charge in [-0.25, -0.2) is 0 Å². The second-order valence-corrected chi connectivity index (χ2v) is 6.71. The van der Waals surface area contributed by atoms with Gasteiger partial charge in [0.25, 0.3) is 5.91 Å². The van der Waals surface area contributed by atoms with Crippen molar-refractivity contribution in [2.24, 2.45) is 5.92 Å². The van der Waals surface area contributed by atoms with Crippen LogP contribution in [0, 0.1) is 5.92 Å². The quantitative estimate of drug-likeness (QED) is 0.771. The number of amides is 1. The normalized spacial score (nSPS) is 13.7. The van der Waals surface area contributed by atoms with E-state index in [0.717, 1.165) is 5.56 Å². The summed E-state index contributed by atoms with van der Waals surface area (Å²) in [4.78, 5) is 23.1. The predicted molar refractivity (Wildman–Crippen MR) is 89.7 cm³/mol. The Morgan fingerprint density at radius 1 is 1.26 bits per heavy atom. The molecule has 0 saturated heterocycles. The first kappa shape index (κ1) is 19.0. The Kier molecular flexibility index (Phi) is 6.61. The second-order valence-electron chi connectivity index (χ2n) is 6.71. The predicted octanol–water partition coefficient (Wildman–Crippen LogP) is 3.19. The molecule has 0 aliphatic rings. The minimum Gasteiger partial charge on any atom is -0.484 e. The molecule has 1 rings (SSSR count). The van der Waals surface area contributed by atoms with Crippen LogP contribution < -0.4 is 10.1 Å². The summed E-state index contributed by atoms with van der Waals surface area (Å²) in [5.74, 6) is -0.251. The molecule has 0 heterocycles. The molecule has 1 aromatic rings. The lowest BCUT2D eigenvalue weighted by Gasteiger charge is -2.33. The standard InChI is InChI=1S/C18H27NO4/c1-12(2)14-7-6-8-15(9-14)23-11-16(20)19-18(5,13(3)4)10-17(21)22/h6-9,12-13H,10-11H2,1-5H3,(H,19,20)(H,21,22). The highest BCUT2D eigenvalue weighted by molar-refractivity contribution is 5.79. The molecule has 0 spiro atoms. The maximum Gasteiger partial charge on any atom is 0.305 e. The number of hydrogen-bond acceptors (Lipinski definition) is 3. The van der Waals surface area contributed by atoms with Crippen LogP contribution in [0.2, 0.25) is 0 Å². The van der Waals surface area contributed by atoms with E-state index in [2.05, 4.69) is 19.2 Å². The van der Waals surface area contributed by atoms with Gasteiger partial charge < -0.3 is 15.2 Å². The fourth-order valence-corrected chi connectivity index (χ4v) is 2.17. The van der Waals surface area contributed by atoms with Crippen molar-refractivity contribution >= 4 is 11.9 Å². The first-order valence-electron chi connectivity index (χ1n) is 7.89. The van der Waals surface area contributed by atoms with Gasteiger partial charge in [0.1, 0.15) is 5.75 Å². The molecule has 0 aliphatic heterocycles. The summed E-state index contributed by atoms with van der Waals surface area (Å²) in [6.07, 6.45) is -0.126. The first-order valence-corrected chi connectivity index (χ1v) is 7.89. The zero-order chi connectivity index (χ0) is 17.6. The van der Waals surface area contributed by atoms with Crippen molar-refractivity contribution in [1.29, 1.82) is 0 Å². The lowest BCUT2D eigenvalue weighted by atomic mass is 9.85. The number of hydrogen-bond donors (Lipinski definition) is 2. The first-order chi connectivity index (χ1) is 10.6. The number of carboxylic acid groups (broad SMARTS) is 1. The number of aliphatic carboxylic acids is 1. The molecule has 1 unspecified atom stereocenters. The highest BCUT2D eigenvalue weighted by Crippen LogP contribution is 2.22. The van der Waals surface area contributed by atoms with Gasteiger partial charge in [0, 0.05) is 0 Å². The number of benzene rings is 1. The lowest BCUT2D eigenvalue weighted by molar-refractivity contribution is -0.139. The summed E-state index contributed by atoms with van der Waals surface area (Å²) >= 11 is 0. The molecule has 0 bridgehead atoms. The van der Waals surface area contributed by atoms with Gasteiger partial charge in [-0.1, -0.05) is 39.8 Å². The topological polar surface area (TPSA) is 75.6 Å². The third kappa shape index (κ3) is 5.93. The van der Waals surface area contributed by atoms with Gasteiger partial charge in [0.15, 0.2) is 6.61 Å². The average molecular weight is 321 g/mol. The minimum absolute atomic E-state index is 0.00758. The van der Waals surface area contributed by atoms with E-state index in [-0.39, 0.29) is 24.9 Å². The molecule has 5 nitrogen and oxygen atoms in total. The van der Waals surface area contributed by atoms with Crippen LogP contribution in [0.4, 0.5) is 0 Å². The number of carbonyl (C=O) groups is 2. The molecule has 1 atom stereocenters. The summed E-state index contributed by atoms with van der Waals surface area (Å²) in [5, 5.41) is 11.8. The fraction of sp³-hybridized carbons (Fsp3) is 0.556. The van der Waals surface area contributed by atoms with E-state index in [4.69, 9.17) is 9.84 Å². The summed E-state index contributed by atoms with van der Waals surface area (Å²) < 4.78 is 5.53. The van der Waals surface area contributed by atoms with Crippen LogP contribution >= 0.6 is 0 Å². The van der Waals surface area contributed by atoms with E-state index in [1.165, 1.54) is 0 Å². The zero-order valence-corrected chi connectivity index (χ0v) is 14.6. The van der Waals surface area contributed by atoms with Crippen molar-refractivity contribution in [3.8, 4) is 5.75 Å². The molecule has 0 aromatic heterocycles.